The van der Waals surface area contributed by atoms with E-state index < -0.39 is 0 Å². The highest BCUT2D eigenvalue weighted by Crippen LogP contribution is 2.39. The summed E-state index contributed by atoms with van der Waals surface area (Å²) < 4.78 is 15.3. The molecule has 1 aromatic heterocycles. The third-order valence-corrected chi connectivity index (χ3v) is 4.44. The van der Waals surface area contributed by atoms with Crippen LogP contribution >= 0.6 is 0 Å². The molecule has 1 spiro atoms. The summed E-state index contributed by atoms with van der Waals surface area (Å²) in [4.78, 5) is 4.56. The molecule has 98 valence electrons. The maximum atomic E-state index is 13.0. The Labute approximate surface area is 111 Å². The smallest absolute Gasteiger partial charge is 0.123 e. The highest BCUT2D eigenvalue weighted by molar-refractivity contribution is 5.59. The Morgan fingerprint density at radius 3 is 2.84 bits per heavy atom. The highest BCUT2D eigenvalue weighted by Gasteiger charge is 2.41. The van der Waals surface area contributed by atoms with Crippen LogP contribution in [0.2, 0.25) is 0 Å². The van der Waals surface area contributed by atoms with E-state index in [4.69, 9.17) is 0 Å². The van der Waals surface area contributed by atoms with Gasteiger partial charge in [0.25, 0.3) is 0 Å². The summed E-state index contributed by atoms with van der Waals surface area (Å²) in [5.41, 5.74) is 2.51. The first kappa shape index (κ1) is 11.2. The van der Waals surface area contributed by atoms with Crippen molar-refractivity contribution >= 4 is 0 Å². The molecule has 4 rings (SSSR count). The molecule has 19 heavy (non-hydrogen) atoms. The number of nitrogens with one attached hydrogen (secondary N) is 1. The van der Waals surface area contributed by atoms with Crippen molar-refractivity contribution in [1.29, 1.82) is 0 Å². The van der Waals surface area contributed by atoms with Gasteiger partial charge in [0.2, 0.25) is 0 Å². The zero-order chi connectivity index (χ0) is 12.9. The number of rotatable bonds is 1. The number of aromatic nitrogens is 2. The van der Waals surface area contributed by atoms with Gasteiger partial charge in [-0.3, -0.25) is 0 Å². The lowest BCUT2D eigenvalue weighted by molar-refractivity contribution is 0.317. The summed E-state index contributed by atoms with van der Waals surface area (Å²) in [6.45, 7) is 3.22. The molecule has 0 aliphatic carbocycles. The van der Waals surface area contributed by atoms with Crippen molar-refractivity contribution in [2.24, 2.45) is 5.41 Å². The van der Waals surface area contributed by atoms with Crippen molar-refractivity contribution in [2.45, 2.75) is 19.4 Å². The van der Waals surface area contributed by atoms with E-state index in [1.54, 1.807) is 0 Å². The summed E-state index contributed by atoms with van der Waals surface area (Å²) in [6.07, 6.45) is 4.19. The highest BCUT2D eigenvalue weighted by atomic mass is 19.1. The maximum Gasteiger partial charge on any atom is 0.123 e. The van der Waals surface area contributed by atoms with Crippen LogP contribution in [0.1, 0.15) is 12.2 Å². The predicted octanol–water partition coefficient (Wildman–Crippen LogP) is 2.22. The molecule has 0 bridgehead atoms. The molecule has 2 aliphatic heterocycles. The summed E-state index contributed by atoms with van der Waals surface area (Å²) in [6, 6.07) is 6.68. The molecular weight excluding hydrogens is 241 g/mol. The van der Waals surface area contributed by atoms with Crippen LogP contribution in [-0.2, 0) is 13.0 Å². The third-order valence-electron chi connectivity index (χ3n) is 4.44. The van der Waals surface area contributed by atoms with Crippen LogP contribution < -0.4 is 5.32 Å². The van der Waals surface area contributed by atoms with Crippen molar-refractivity contribution in [1.82, 2.24) is 14.9 Å². The molecule has 1 N–H and O–H groups in total. The van der Waals surface area contributed by atoms with Crippen LogP contribution in [0.3, 0.4) is 0 Å². The predicted molar refractivity (Wildman–Crippen MR) is 71.2 cm³/mol. The number of hydrogen-bond donors (Lipinski definition) is 1. The standard InChI is InChI=1S/C15H16FN3/c16-12-3-1-11(2-4-12)13-8-18-14-7-15(10-19(13)14)5-6-17-9-15/h1-4,8,17H,5-7,9-10H2/t15-/m0/s1. The van der Waals surface area contributed by atoms with Crippen molar-refractivity contribution in [3.05, 3.63) is 42.1 Å². The van der Waals surface area contributed by atoms with E-state index in [-0.39, 0.29) is 5.82 Å². The zero-order valence-electron chi connectivity index (χ0n) is 10.7. The first-order chi connectivity index (χ1) is 9.26. The SMILES string of the molecule is Fc1ccc(-c2cnc3n2C[C@@]2(CCNC2)C3)cc1. The minimum absolute atomic E-state index is 0.193. The van der Waals surface area contributed by atoms with Crippen molar-refractivity contribution in [2.75, 3.05) is 13.1 Å². The van der Waals surface area contributed by atoms with Gasteiger partial charge in [-0.2, -0.15) is 0 Å². The average molecular weight is 257 g/mol. The normalized spacial score (nSPS) is 25.1. The van der Waals surface area contributed by atoms with Crippen LogP contribution in [0.5, 0.6) is 0 Å². The molecular formula is C15H16FN3. The van der Waals surface area contributed by atoms with Gasteiger partial charge < -0.3 is 9.88 Å². The van der Waals surface area contributed by atoms with Gasteiger partial charge in [-0.05, 0) is 42.8 Å². The number of fused-ring (bicyclic) bond motifs is 1. The van der Waals surface area contributed by atoms with Crippen LogP contribution in [0.25, 0.3) is 11.3 Å². The fraction of sp³-hybridized carbons (Fsp3) is 0.400. The first-order valence-electron chi connectivity index (χ1n) is 6.77. The van der Waals surface area contributed by atoms with Crippen LogP contribution in [-0.4, -0.2) is 22.6 Å². The Balaban J connectivity index is 1.72. The molecule has 0 saturated carbocycles. The van der Waals surface area contributed by atoms with Gasteiger partial charge in [-0.1, -0.05) is 0 Å². The molecule has 2 aliphatic rings. The summed E-state index contributed by atoms with van der Waals surface area (Å²) in [7, 11) is 0. The minimum Gasteiger partial charge on any atom is -0.327 e. The minimum atomic E-state index is -0.193. The van der Waals surface area contributed by atoms with E-state index >= 15 is 0 Å². The Morgan fingerprint density at radius 1 is 1.26 bits per heavy atom. The molecule has 1 fully saturated rings. The van der Waals surface area contributed by atoms with Crippen molar-refractivity contribution < 1.29 is 4.39 Å². The number of halogens is 1. The zero-order valence-corrected chi connectivity index (χ0v) is 10.7. The monoisotopic (exact) mass is 257 g/mol. The topological polar surface area (TPSA) is 29.9 Å². The van der Waals surface area contributed by atoms with E-state index in [9.17, 15) is 4.39 Å². The van der Waals surface area contributed by atoms with Gasteiger partial charge in [0, 0.05) is 24.9 Å². The molecule has 3 heterocycles. The van der Waals surface area contributed by atoms with E-state index in [0.717, 1.165) is 37.3 Å². The molecule has 1 saturated heterocycles. The van der Waals surface area contributed by atoms with E-state index in [0.29, 0.717) is 5.41 Å². The molecule has 0 amide bonds. The molecule has 1 atom stereocenters. The lowest BCUT2D eigenvalue weighted by Gasteiger charge is -2.20. The lowest BCUT2D eigenvalue weighted by Crippen LogP contribution is -2.25. The summed E-state index contributed by atoms with van der Waals surface area (Å²) in [5, 5.41) is 3.46. The van der Waals surface area contributed by atoms with Crippen molar-refractivity contribution in [3.8, 4) is 11.3 Å². The fourth-order valence-corrected chi connectivity index (χ4v) is 3.39. The van der Waals surface area contributed by atoms with E-state index in [1.165, 1.54) is 24.4 Å². The second kappa shape index (κ2) is 3.90. The van der Waals surface area contributed by atoms with Gasteiger partial charge in [0.1, 0.15) is 11.6 Å². The summed E-state index contributed by atoms with van der Waals surface area (Å²) >= 11 is 0. The van der Waals surface area contributed by atoms with Crippen molar-refractivity contribution in [3.63, 3.8) is 0 Å². The van der Waals surface area contributed by atoms with Crippen LogP contribution in [0.15, 0.2) is 30.5 Å². The molecule has 0 radical (unpaired) electrons. The Hall–Kier alpha value is -1.68. The van der Waals surface area contributed by atoms with Gasteiger partial charge in [0.15, 0.2) is 0 Å². The maximum absolute atomic E-state index is 13.0. The molecule has 0 unspecified atom stereocenters. The Kier molecular flexibility index (Phi) is 2.30. The molecule has 4 heteroatoms. The number of benzene rings is 1. The summed E-state index contributed by atoms with van der Waals surface area (Å²) in [5.74, 6) is 0.976. The number of nitrogens with zero attached hydrogens (tertiary/aromatic N) is 2. The molecule has 1 aromatic carbocycles. The Bertz CT molecular complexity index is 609. The molecule has 3 nitrogen and oxygen atoms in total. The van der Waals surface area contributed by atoms with Gasteiger partial charge in [-0.15, -0.1) is 0 Å². The average Bonchev–Trinajstić information content (AvgIpc) is 3.08. The van der Waals surface area contributed by atoms with Gasteiger partial charge in [-0.25, -0.2) is 9.37 Å². The second-order valence-corrected chi connectivity index (χ2v) is 5.76. The lowest BCUT2D eigenvalue weighted by atomic mass is 9.86. The van der Waals surface area contributed by atoms with Crippen LogP contribution in [0, 0.1) is 11.2 Å². The van der Waals surface area contributed by atoms with E-state index in [2.05, 4.69) is 14.9 Å². The largest absolute Gasteiger partial charge is 0.327 e. The fourth-order valence-electron chi connectivity index (χ4n) is 3.39. The first-order valence-corrected chi connectivity index (χ1v) is 6.77. The third kappa shape index (κ3) is 1.70. The molecule has 2 aromatic rings. The van der Waals surface area contributed by atoms with Gasteiger partial charge in [0.05, 0.1) is 11.9 Å². The second-order valence-electron chi connectivity index (χ2n) is 5.76. The number of hydrogen-bond acceptors (Lipinski definition) is 2. The Morgan fingerprint density at radius 2 is 2.11 bits per heavy atom. The van der Waals surface area contributed by atoms with Crippen LogP contribution in [0.4, 0.5) is 4.39 Å². The number of imidazole rings is 1. The van der Waals surface area contributed by atoms with E-state index in [1.807, 2.05) is 18.3 Å². The quantitative estimate of drug-likeness (QED) is 0.849. The van der Waals surface area contributed by atoms with Gasteiger partial charge >= 0.3 is 0 Å².